The van der Waals surface area contributed by atoms with Crippen LogP contribution in [0.4, 0.5) is 0 Å². The quantitative estimate of drug-likeness (QED) is 0.327. The van der Waals surface area contributed by atoms with Crippen LogP contribution in [0.15, 0.2) is 24.6 Å². The van der Waals surface area contributed by atoms with E-state index in [0.717, 1.165) is 6.54 Å². The Hall–Kier alpha value is -1.00. The summed E-state index contributed by atoms with van der Waals surface area (Å²) in [4.78, 5) is 0. The van der Waals surface area contributed by atoms with Gasteiger partial charge in [-0.3, -0.25) is 0 Å². The van der Waals surface area contributed by atoms with Gasteiger partial charge in [0.05, 0.1) is 19.8 Å². The molecule has 0 saturated heterocycles. The second kappa shape index (κ2) is 10.1. The van der Waals surface area contributed by atoms with Crippen molar-refractivity contribution in [2.75, 3.05) is 33.0 Å². The van der Waals surface area contributed by atoms with Crippen molar-refractivity contribution in [3.63, 3.8) is 0 Å². The van der Waals surface area contributed by atoms with Crippen LogP contribution in [0.3, 0.4) is 0 Å². The van der Waals surface area contributed by atoms with Crippen LogP contribution in [0.25, 0.3) is 0 Å². The summed E-state index contributed by atoms with van der Waals surface area (Å²) in [6, 6.07) is 0. The molecule has 0 aliphatic carbocycles. The Labute approximate surface area is 85.2 Å². The highest BCUT2D eigenvalue weighted by atomic mass is 16.5. The van der Waals surface area contributed by atoms with Crippen molar-refractivity contribution in [2.24, 2.45) is 0 Å². The van der Waals surface area contributed by atoms with E-state index in [1.54, 1.807) is 12.2 Å². The maximum atomic E-state index is 8.44. The molecule has 0 aromatic heterocycles. The molecule has 0 aliphatic rings. The summed E-state index contributed by atoms with van der Waals surface area (Å²) >= 11 is 0. The van der Waals surface area contributed by atoms with Gasteiger partial charge in [-0.15, -0.1) is 0 Å². The number of aliphatic hydroxyl groups excluding tert-OH is 1. The summed E-state index contributed by atoms with van der Waals surface area (Å²) in [6.07, 6.45) is 3.42. The van der Waals surface area contributed by atoms with Crippen LogP contribution in [0.2, 0.25) is 0 Å². The summed E-state index contributed by atoms with van der Waals surface area (Å²) in [5.74, 6) is 0.690. The van der Waals surface area contributed by atoms with Gasteiger partial charge in [0.25, 0.3) is 0 Å². The molecular formula is C10H19NO3. The van der Waals surface area contributed by atoms with Crippen LogP contribution in [-0.4, -0.2) is 38.1 Å². The Morgan fingerprint density at radius 3 is 2.79 bits per heavy atom. The highest BCUT2D eigenvalue weighted by Crippen LogP contribution is 1.92. The van der Waals surface area contributed by atoms with E-state index in [4.69, 9.17) is 14.6 Å². The first-order chi connectivity index (χ1) is 6.85. The van der Waals surface area contributed by atoms with E-state index < -0.39 is 0 Å². The van der Waals surface area contributed by atoms with Gasteiger partial charge >= 0.3 is 0 Å². The van der Waals surface area contributed by atoms with Crippen molar-refractivity contribution in [1.82, 2.24) is 5.32 Å². The van der Waals surface area contributed by atoms with E-state index in [2.05, 4.69) is 11.9 Å². The molecule has 0 bridgehead atoms. The van der Waals surface area contributed by atoms with Crippen LogP contribution in [-0.2, 0) is 9.47 Å². The molecule has 0 aromatic carbocycles. The van der Waals surface area contributed by atoms with Crippen LogP contribution in [0.1, 0.15) is 6.92 Å². The summed E-state index contributed by atoms with van der Waals surface area (Å²) in [5, 5.41) is 11.5. The third kappa shape index (κ3) is 7.64. The first-order valence-electron chi connectivity index (χ1n) is 4.73. The average Bonchev–Trinajstić information content (AvgIpc) is 2.18. The third-order valence-electron chi connectivity index (χ3n) is 1.34. The molecule has 0 aliphatic heterocycles. The Kier molecular flexibility index (Phi) is 9.36. The number of aliphatic hydroxyl groups is 1. The van der Waals surface area contributed by atoms with E-state index in [-0.39, 0.29) is 6.61 Å². The van der Waals surface area contributed by atoms with Crippen molar-refractivity contribution in [3.8, 4) is 0 Å². The van der Waals surface area contributed by atoms with Gasteiger partial charge in [-0.2, -0.15) is 0 Å². The maximum absolute atomic E-state index is 8.44. The second-order valence-corrected chi connectivity index (χ2v) is 2.48. The van der Waals surface area contributed by atoms with Gasteiger partial charge in [0.15, 0.2) is 5.88 Å². The largest absolute Gasteiger partial charge is 0.477 e. The molecule has 14 heavy (non-hydrogen) atoms. The zero-order chi connectivity index (χ0) is 10.6. The van der Waals surface area contributed by atoms with Crippen molar-refractivity contribution in [2.45, 2.75) is 6.92 Å². The Bertz CT molecular complexity index is 169. The zero-order valence-electron chi connectivity index (χ0n) is 8.66. The smallest absolute Gasteiger partial charge is 0.186 e. The fourth-order valence-electron chi connectivity index (χ4n) is 0.816. The maximum Gasteiger partial charge on any atom is 0.186 e. The van der Waals surface area contributed by atoms with Gasteiger partial charge in [0.2, 0.25) is 0 Å². The van der Waals surface area contributed by atoms with E-state index >= 15 is 0 Å². The predicted octanol–water partition coefficient (Wildman–Crippen LogP) is 0.649. The van der Waals surface area contributed by atoms with Crippen LogP contribution in [0.5, 0.6) is 0 Å². The molecule has 0 amide bonds. The topological polar surface area (TPSA) is 50.7 Å². The zero-order valence-corrected chi connectivity index (χ0v) is 8.66. The summed E-state index contributed by atoms with van der Waals surface area (Å²) in [6.45, 7) is 7.71. The standard InChI is InChI=1S/C10H19NO3/c1-3-5-10(11-4-2)14-9-8-13-7-6-12/h3,5,11-12H,1,4,6-9H2,2H3/b10-5+. The normalized spacial score (nSPS) is 11.1. The number of hydrogen-bond acceptors (Lipinski definition) is 4. The summed E-state index contributed by atoms with van der Waals surface area (Å²) in [7, 11) is 0. The van der Waals surface area contributed by atoms with Gasteiger partial charge in [0, 0.05) is 6.54 Å². The SMILES string of the molecule is C=C/C=C(\NCC)OCCOCCO. The first-order valence-corrected chi connectivity index (χ1v) is 4.73. The van der Waals surface area contributed by atoms with Crippen molar-refractivity contribution >= 4 is 0 Å². The molecule has 2 N–H and O–H groups in total. The molecule has 82 valence electrons. The molecule has 4 heteroatoms. The Balaban J connectivity index is 3.51. The van der Waals surface area contributed by atoms with Gasteiger partial charge in [-0.05, 0) is 13.0 Å². The molecule has 4 nitrogen and oxygen atoms in total. The van der Waals surface area contributed by atoms with Gasteiger partial charge in [0.1, 0.15) is 6.61 Å². The van der Waals surface area contributed by atoms with Crippen molar-refractivity contribution in [3.05, 3.63) is 24.6 Å². The fraction of sp³-hybridized carbons (Fsp3) is 0.600. The van der Waals surface area contributed by atoms with Crippen molar-refractivity contribution in [1.29, 1.82) is 0 Å². The molecule has 0 radical (unpaired) electrons. The van der Waals surface area contributed by atoms with Crippen molar-refractivity contribution < 1.29 is 14.6 Å². The minimum atomic E-state index is 0.0442. The Morgan fingerprint density at radius 2 is 2.21 bits per heavy atom. The molecule has 0 unspecified atom stereocenters. The average molecular weight is 201 g/mol. The number of ether oxygens (including phenoxy) is 2. The highest BCUT2D eigenvalue weighted by molar-refractivity contribution is 5.02. The fourth-order valence-corrected chi connectivity index (χ4v) is 0.816. The molecule has 0 heterocycles. The molecule has 0 saturated carbocycles. The van der Waals surface area contributed by atoms with Crippen LogP contribution >= 0.6 is 0 Å². The molecule has 0 atom stereocenters. The minimum absolute atomic E-state index is 0.0442. The lowest BCUT2D eigenvalue weighted by Gasteiger charge is -2.10. The highest BCUT2D eigenvalue weighted by Gasteiger charge is 1.94. The lowest BCUT2D eigenvalue weighted by atomic mass is 10.5. The molecule has 0 rings (SSSR count). The van der Waals surface area contributed by atoms with Gasteiger partial charge in [-0.25, -0.2) is 0 Å². The van der Waals surface area contributed by atoms with Gasteiger partial charge < -0.3 is 19.9 Å². The summed E-state index contributed by atoms with van der Waals surface area (Å²) in [5.41, 5.74) is 0. The number of allylic oxidation sites excluding steroid dienone is 2. The lowest BCUT2D eigenvalue weighted by molar-refractivity contribution is 0.0503. The third-order valence-corrected chi connectivity index (χ3v) is 1.34. The van der Waals surface area contributed by atoms with Crippen LogP contribution < -0.4 is 5.32 Å². The molecule has 0 spiro atoms. The monoisotopic (exact) mass is 201 g/mol. The molecule has 0 fully saturated rings. The summed E-state index contributed by atoms with van der Waals surface area (Å²) < 4.78 is 10.4. The first kappa shape index (κ1) is 13.0. The van der Waals surface area contributed by atoms with E-state index in [1.807, 2.05) is 6.92 Å². The Morgan fingerprint density at radius 1 is 1.43 bits per heavy atom. The number of nitrogens with one attached hydrogen (secondary N) is 1. The predicted molar refractivity (Wildman–Crippen MR) is 55.8 cm³/mol. The lowest BCUT2D eigenvalue weighted by Crippen LogP contribution is -2.17. The van der Waals surface area contributed by atoms with Gasteiger partial charge in [-0.1, -0.05) is 12.7 Å². The molecular weight excluding hydrogens is 182 g/mol. The molecule has 0 aromatic rings. The minimum Gasteiger partial charge on any atom is -0.477 e. The van der Waals surface area contributed by atoms with E-state index in [1.165, 1.54) is 0 Å². The van der Waals surface area contributed by atoms with E-state index in [9.17, 15) is 0 Å². The number of hydrogen-bond donors (Lipinski definition) is 2. The number of rotatable bonds is 9. The van der Waals surface area contributed by atoms with Crippen LogP contribution in [0, 0.1) is 0 Å². The second-order valence-electron chi connectivity index (χ2n) is 2.48. The van der Waals surface area contributed by atoms with E-state index in [0.29, 0.717) is 25.7 Å².